The summed E-state index contributed by atoms with van der Waals surface area (Å²) in [5.74, 6) is 0.961. The van der Waals surface area contributed by atoms with Crippen LogP contribution < -0.4 is 15.2 Å². The minimum atomic E-state index is -0.600. The van der Waals surface area contributed by atoms with E-state index in [1.54, 1.807) is 25.0 Å². The van der Waals surface area contributed by atoms with Crippen LogP contribution in [0.2, 0.25) is 0 Å². The van der Waals surface area contributed by atoms with Crippen molar-refractivity contribution in [3.8, 4) is 17.6 Å². The molecule has 1 aromatic rings. The molecule has 0 spiro atoms. The molecule has 8 nitrogen and oxygen atoms in total. The summed E-state index contributed by atoms with van der Waals surface area (Å²) in [6.45, 7) is 6.37. The van der Waals surface area contributed by atoms with Crippen LogP contribution in [0, 0.1) is 11.3 Å². The molecule has 2 aliphatic rings. The Bertz CT molecular complexity index is 1010. The van der Waals surface area contributed by atoms with Crippen LogP contribution in [0.5, 0.6) is 11.5 Å². The number of nitrogens with two attached hydrogens (primary N) is 1. The van der Waals surface area contributed by atoms with Crippen LogP contribution in [0.15, 0.2) is 45.2 Å². The monoisotopic (exact) mass is 442 g/mol. The van der Waals surface area contributed by atoms with E-state index >= 15 is 0 Å². The Morgan fingerprint density at radius 2 is 2.06 bits per heavy atom. The molecule has 0 radical (unpaired) electrons. The largest absolute Gasteiger partial charge is 0.493 e. The molecule has 0 saturated carbocycles. The van der Waals surface area contributed by atoms with Crippen LogP contribution in [0.4, 0.5) is 0 Å². The van der Waals surface area contributed by atoms with Crippen LogP contribution in [0.25, 0.3) is 0 Å². The molecule has 1 atom stereocenters. The van der Waals surface area contributed by atoms with Gasteiger partial charge < -0.3 is 19.9 Å². The van der Waals surface area contributed by atoms with E-state index in [1.165, 1.54) is 11.8 Å². The average Bonchev–Trinajstić information content (AvgIpc) is 3.08. The minimum absolute atomic E-state index is 0.237. The standard InChI is InChI=1S/C22H26N4O4S/c1-5-8-14-18(21(27)30-7-3)19(26-20(24)17(12-23)31-22(26)25-14)13-9-10-15(28-4)16(11-13)29-6-2/h9-11,19H,5-8,24H2,1-4H3/t19-/m0/s1. The summed E-state index contributed by atoms with van der Waals surface area (Å²) < 4.78 is 16.6. The number of hydrogen-bond acceptors (Lipinski definition) is 9. The smallest absolute Gasteiger partial charge is 0.338 e. The second-order valence-corrected chi connectivity index (χ2v) is 7.75. The van der Waals surface area contributed by atoms with Crippen LogP contribution in [0.1, 0.15) is 45.2 Å². The van der Waals surface area contributed by atoms with Gasteiger partial charge in [0.15, 0.2) is 16.7 Å². The molecule has 31 heavy (non-hydrogen) atoms. The van der Waals surface area contributed by atoms with Gasteiger partial charge in [-0.3, -0.25) is 4.90 Å². The van der Waals surface area contributed by atoms with Crippen molar-refractivity contribution in [1.29, 1.82) is 5.26 Å². The van der Waals surface area contributed by atoms with Gasteiger partial charge in [-0.1, -0.05) is 19.4 Å². The number of allylic oxidation sites excluding steroid dienone is 2. The summed E-state index contributed by atoms with van der Waals surface area (Å²) in [4.78, 5) is 19.9. The normalized spacial score (nSPS) is 17.8. The molecule has 2 heterocycles. The number of methoxy groups -OCH3 is 1. The maximum Gasteiger partial charge on any atom is 0.338 e. The Morgan fingerprint density at radius 1 is 1.29 bits per heavy atom. The Kier molecular flexibility index (Phi) is 7.13. The highest BCUT2D eigenvalue weighted by Gasteiger charge is 2.43. The molecule has 9 heteroatoms. The van der Waals surface area contributed by atoms with E-state index in [2.05, 4.69) is 6.07 Å². The second-order valence-electron chi connectivity index (χ2n) is 6.77. The first-order valence-corrected chi connectivity index (χ1v) is 11.0. The van der Waals surface area contributed by atoms with Crippen LogP contribution in [-0.2, 0) is 9.53 Å². The Balaban J connectivity index is 2.24. The lowest BCUT2D eigenvalue weighted by atomic mass is 9.92. The fourth-order valence-electron chi connectivity index (χ4n) is 3.59. The van der Waals surface area contributed by atoms with E-state index in [0.29, 0.717) is 45.9 Å². The number of hydrogen-bond donors (Lipinski definition) is 1. The van der Waals surface area contributed by atoms with E-state index < -0.39 is 12.0 Å². The molecule has 0 fully saturated rings. The Labute approximate surface area is 186 Å². The van der Waals surface area contributed by atoms with Crippen LogP contribution in [-0.4, -0.2) is 36.4 Å². The zero-order valence-corrected chi connectivity index (χ0v) is 18.9. The molecule has 1 aromatic carbocycles. The number of ether oxygens (including phenoxy) is 3. The summed E-state index contributed by atoms with van der Waals surface area (Å²) >= 11 is 1.21. The maximum absolute atomic E-state index is 13.1. The van der Waals surface area contributed by atoms with Crippen molar-refractivity contribution in [2.24, 2.45) is 10.7 Å². The number of thioether (sulfide) groups is 1. The summed E-state index contributed by atoms with van der Waals surface area (Å²) in [7, 11) is 1.57. The summed E-state index contributed by atoms with van der Waals surface area (Å²) in [5.41, 5.74) is 8.15. The number of amidine groups is 1. The first kappa shape index (κ1) is 22.6. The van der Waals surface area contributed by atoms with Gasteiger partial charge in [-0.2, -0.15) is 5.26 Å². The highest BCUT2D eigenvalue weighted by Crippen LogP contribution is 2.47. The number of carbonyl (C=O) groups excluding carboxylic acids is 1. The molecule has 0 saturated heterocycles. The van der Waals surface area contributed by atoms with Gasteiger partial charge in [-0.15, -0.1) is 0 Å². The third kappa shape index (κ3) is 4.21. The molecule has 0 aromatic heterocycles. The van der Waals surface area contributed by atoms with Crippen molar-refractivity contribution in [2.75, 3.05) is 20.3 Å². The number of nitriles is 1. The van der Waals surface area contributed by atoms with E-state index in [9.17, 15) is 10.1 Å². The zero-order chi connectivity index (χ0) is 22.5. The van der Waals surface area contributed by atoms with Crippen molar-refractivity contribution in [1.82, 2.24) is 4.90 Å². The van der Waals surface area contributed by atoms with Gasteiger partial charge >= 0.3 is 5.97 Å². The lowest BCUT2D eigenvalue weighted by molar-refractivity contribution is -0.139. The van der Waals surface area contributed by atoms with E-state index in [0.717, 1.165) is 12.0 Å². The van der Waals surface area contributed by atoms with E-state index in [1.807, 2.05) is 26.0 Å². The number of fused-ring (bicyclic) bond motifs is 1. The number of benzene rings is 1. The lowest BCUT2D eigenvalue weighted by Gasteiger charge is -2.35. The fraction of sp³-hybridized carbons (Fsp3) is 0.409. The van der Waals surface area contributed by atoms with Gasteiger partial charge in [0, 0.05) is 0 Å². The number of rotatable bonds is 8. The number of aliphatic imine (C=N–C) groups is 1. The second kappa shape index (κ2) is 9.79. The molecule has 0 bridgehead atoms. The van der Waals surface area contributed by atoms with Gasteiger partial charge in [-0.25, -0.2) is 9.79 Å². The zero-order valence-electron chi connectivity index (χ0n) is 18.1. The van der Waals surface area contributed by atoms with E-state index in [4.69, 9.17) is 24.9 Å². The van der Waals surface area contributed by atoms with Crippen molar-refractivity contribution < 1.29 is 19.0 Å². The molecule has 2 N–H and O–H groups in total. The average molecular weight is 443 g/mol. The highest BCUT2D eigenvalue weighted by molar-refractivity contribution is 8.17. The highest BCUT2D eigenvalue weighted by atomic mass is 32.2. The minimum Gasteiger partial charge on any atom is -0.493 e. The van der Waals surface area contributed by atoms with Gasteiger partial charge in [0.25, 0.3) is 0 Å². The first-order valence-electron chi connectivity index (χ1n) is 10.2. The number of carbonyl (C=O) groups is 1. The van der Waals surface area contributed by atoms with Gasteiger partial charge in [0.1, 0.15) is 16.8 Å². The molecule has 2 aliphatic heterocycles. The van der Waals surface area contributed by atoms with Crippen molar-refractivity contribution >= 4 is 22.9 Å². The van der Waals surface area contributed by atoms with Crippen molar-refractivity contribution in [3.63, 3.8) is 0 Å². The van der Waals surface area contributed by atoms with E-state index in [-0.39, 0.29) is 12.4 Å². The molecule has 0 aliphatic carbocycles. The maximum atomic E-state index is 13.1. The van der Waals surface area contributed by atoms with Gasteiger partial charge in [0.2, 0.25) is 0 Å². The fourth-order valence-corrected chi connectivity index (χ4v) is 4.48. The number of nitrogens with zero attached hydrogens (tertiary/aromatic N) is 3. The van der Waals surface area contributed by atoms with Crippen molar-refractivity contribution in [3.05, 3.63) is 45.8 Å². The van der Waals surface area contributed by atoms with Crippen molar-refractivity contribution in [2.45, 2.75) is 39.7 Å². The molecule has 0 unspecified atom stereocenters. The third-order valence-electron chi connectivity index (χ3n) is 4.85. The predicted molar refractivity (Wildman–Crippen MR) is 119 cm³/mol. The third-order valence-corrected chi connectivity index (χ3v) is 5.83. The Morgan fingerprint density at radius 3 is 2.68 bits per heavy atom. The summed E-state index contributed by atoms with van der Waals surface area (Å²) in [5, 5.41) is 10.1. The van der Waals surface area contributed by atoms with Gasteiger partial charge in [-0.05, 0) is 49.7 Å². The molecular formula is C22H26N4O4S. The SMILES string of the molecule is CCCC1=C(C(=O)OCC)[C@H](c2ccc(OC)c(OCC)c2)N2C(=N1)SC(C#N)=C2N. The Hall–Kier alpha value is -3.12. The molecular weight excluding hydrogens is 416 g/mol. The quantitative estimate of drug-likeness (QED) is 0.605. The molecule has 164 valence electrons. The first-order chi connectivity index (χ1) is 15.0. The predicted octanol–water partition coefficient (Wildman–Crippen LogP) is 3.82. The summed E-state index contributed by atoms with van der Waals surface area (Å²) in [6.07, 6.45) is 1.39. The summed E-state index contributed by atoms with van der Waals surface area (Å²) in [6, 6.07) is 7.01. The number of esters is 1. The van der Waals surface area contributed by atoms with Gasteiger partial charge in [0.05, 0.1) is 37.6 Å². The van der Waals surface area contributed by atoms with Crippen LogP contribution in [0.3, 0.4) is 0 Å². The van der Waals surface area contributed by atoms with Crippen LogP contribution >= 0.6 is 11.8 Å². The molecule has 3 rings (SSSR count). The topological polar surface area (TPSA) is 110 Å². The molecule has 0 amide bonds. The lowest BCUT2D eigenvalue weighted by Crippen LogP contribution is -2.39.